The van der Waals surface area contributed by atoms with Gasteiger partial charge in [0.2, 0.25) is 5.79 Å². The highest BCUT2D eigenvalue weighted by Crippen LogP contribution is 2.34. The second-order valence-corrected chi connectivity index (χ2v) is 2.68. The number of methoxy groups -OCH3 is 1. The lowest BCUT2D eigenvalue weighted by Crippen LogP contribution is -2.26. The zero-order chi connectivity index (χ0) is 8.60. The highest BCUT2D eigenvalue weighted by Gasteiger charge is 2.33. The summed E-state index contributed by atoms with van der Waals surface area (Å²) in [6, 6.07) is 7.35. The van der Waals surface area contributed by atoms with Crippen molar-refractivity contribution < 1.29 is 9.84 Å². The number of nitrogens with zero attached hydrogens (tertiary/aromatic N) is 1. The van der Waals surface area contributed by atoms with E-state index in [2.05, 4.69) is 4.99 Å². The van der Waals surface area contributed by atoms with E-state index in [0.29, 0.717) is 5.56 Å². The van der Waals surface area contributed by atoms with Crippen LogP contribution in [0.2, 0.25) is 0 Å². The summed E-state index contributed by atoms with van der Waals surface area (Å²) in [5.74, 6) is -1.32. The van der Waals surface area contributed by atoms with Crippen LogP contribution in [-0.4, -0.2) is 18.4 Å². The predicted octanol–water partition coefficient (Wildman–Crippen LogP) is 1.19. The first kappa shape index (κ1) is 7.46. The molecule has 0 bridgehead atoms. The molecular formula is C9H9NO2. The molecule has 0 saturated heterocycles. The van der Waals surface area contributed by atoms with Crippen LogP contribution in [0.1, 0.15) is 5.56 Å². The number of benzene rings is 1. The molecule has 1 aromatic carbocycles. The molecule has 1 unspecified atom stereocenters. The third kappa shape index (κ3) is 0.873. The molecule has 1 aliphatic heterocycles. The van der Waals surface area contributed by atoms with Gasteiger partial charge in [-0.15, -0.1) is 0 Å². The van der Waals surface area contributed by atoms with Gasteiger partial charge in [0.15, 0.2) is 0 Å². The Morgan fingerprint density at radius 1 is 1.42 bits per heavy atom. The number of aliphatic imine (C=N–C) groups is 1. The molecule has 0 spiro atoms. The SMILES string of the molecule is COC1(O)C=Nc2ccccc21. The summed E-state index contributed by atoms with van der Waals surface area (Å²) in [5, 5.41) is 9.78. The summed E-state index contributed by atoms with van der Waals surface area (Å²) in [7, 11) is 1.45. The molecule has 1 aromatic rings. The molecule has 1 aliphatic rings. The van der Waals surface area contributed by atoms with Gasteiger partial charge >= 0.3 is 0 Å². The Bertz CT molecular complexity index is 335. The van der Waals surface area contributed by atoms with E-state index < -0.39 is 5.79 Å². The third-order valence-corrected chi connectivity index (χ3v) is 1.98. The van der Waals surface area contributed by atoms with Crippen LogP contribution >= 0.6 is 0 Å². The Morgan fingerprint density at radius 2 is 2.17 bits per heavy atom. The number of hydrogen-bond acceptors (Lipinski definition) is 3. The average Bonchev–Trinajstić information content (AvgIpc) is 2.46. The maximum atomic E-state index is 9.78. The first-order valence-electron chi connectivity index (χ1n) is 3.68. The topological polar surface area (TPSA) is 41.8 Å². The molecule has 12 heavy (non-hydrogen) atoms. The Morgan fingerprint density at radius 3 is 2.92 bits per heavy atom. The van der Waals surface area contributed by atoms with Crippen molar-refractivity contribution in [3.8, 4) is 0 Å². The van der Waals surface area contributed by atoms with Crippen LogP contribution in [0.4, 0.5) is 5.69 Å². The lowest BCUT2D eigenvalue weighted by molar-refractivity contribution is -0.128. The largest absolute Gasteiger partial charge is 0.357 e. The van der Waals surface area contributed by atoms with Crippen molar-refractivity contribution in [3.63, 3.8) is 0 Å². The quantitative estimate of drug-likeness (QED) is 0.632. The highest BCUT2D eigenvalue weighted by atomic mass is 16.6. The summed E-state index contributed by atoms with van der Waals surface area (Å²) in [4.78, 5) is 4.02. The number of para-hydroxylation sites is 1. The van der Waals surface area contributed by atoms with Crippen molar-refractivity contribution in [2.45, 2.75) is 5.79 Å². The maximum Gasteiger partial charge on any atom is 0.232 e. The fraction of sp³-hybridized carbons (Fsp3) is 0.222. The van der Waals surface area contributed by atoms with Crippen molar-refractivity contribution in [3.05, 3.63) is 29.8 Å². The Balaban J connectivity index is 2.56. The molecular weight excluding hydrogens is 154 g/mol. The maximum absolute atomic E-state index is 9.78. The van der Waals surface area contributed by atoms with E-state index in [1.165, 1.54) is 13.3 Å². The van der Waals surface area contributed by atoms with Gasteiger partial charge in [-0.25, -0.2) is 0 Å². The molecule has 3 nitrogen and oxygen atoms in total. The van der Waals surface area contributed by atoms with Crippen LogP contribution < -0.4 is 0 Å². The summed E-state index contributed by atoms with van der Waals surface area (Å²) < 4.78 is 4.93. The molecule has 0 aliphatic carbocycles. The van der Waals surface area contributed by atoms with E-state index in [1.54, 1.807) is 6.07 Å². The van der Waals surface area contributed by atoms with Gasteiger partial charge in [-0.1, -0.05) is 18.2 Å². The van der Waals surface area contributed by atoms with Crippen molar-refractivity contribution >= 4 is 11.9 Å². The van der Waals surface area contributed by atoms with Gasteiger partial charge in [-0.05, 0) is 6.07 Å². The predicted molar refractivity (Wildman–Crippen MR) is 45.5 cm³/mol. The smallest absolute Gasteiger partial charge is 0.232 e. The van der Waals surface area contributed by atoms with Crippen LogP contribution in [0.25, 0.3) is 0 Å². The van der Waals surface area contributed by atoms with Gasteiger partial charge in [0, 0.05) is 12.7 Å². The minimum absolute atomic E-state index is 0.701. The van der Waals surface area contributed by atoms with Gasteiger partial charge < -0.3 is 9.84 Å². The van der Waals surface area contributed by atoms with Gasteiger partial charge in [0.1, 0.15) is 0 Å². The number of fused-ring (bicyclic) bond motifs is 1. The number of rotatable bonds is 1. The number of ether oxygens (including phenoxy) is 1. The summed E-state index contributed by atoms with van der Waals surface area (Å²) in [5.41, 5.74) is 1.47. The monoisotopic (exact) mass is 163 g/mol. The Hall–Kier alpha value is -1.19. The minimum atomic E-state index is -1.32. The molecule has 1 N–H and O–H groups in total. The minimum Gasteiger partial charge on any atom is -0.357 e. The first-order valence-corrected chi connectivity index (χ1v) is 3.68. The lowest BCUT2D eigenvalue weighted by atomic mass is 10.1. The normalized spacial score (nSPS) is 25.8. The zero-order valence-electron chi connectivity index (χ0n) is 6.69. The molecule has 0 aromatic heterocycles. The van der Waals surface area contributed by atoms with Crippen molar-refractivity contribution in [1.82, 2.24) is 0 Å². The molecule has 3 heteroatoms. The van der Waals surface area contributed by atoms with Crippen molar-refractivity contribution in [2.24, 2.45) is 4.99 Å². The summed E-state index contributed by atoms with van der Waals surface area (Å²) in [6.07, 6.45) is 1.40. The van der Waals surface area contributed by atoms with Crippen molar-refractivity contribution in [2.75, 3.05) is 7.11 Å². The van der Waals surface area contributed by atoms with E-state index in [-0.39, 0.29) is 0 Å². The fourth-order valence-electron chi connectivity index (χ4n) is 1.28. The fourth-order valence-corrected chi connectivity index (χ4v) is 1.28. The van der Waals surface area contributed by atoms with Crippen LogP contribution in [0.5, 0.6) is 0 Å². The van der Waals surface area contributed by atoms with Crippen LogP contribution in [-0.2, 0) is 10.5 Å². The number of hydrogen-bond donors (Lipinski definition) is 1. The molecule has 62 valence electrons. The Labute approximate surface area is 70.3 Å². The second kappa shape index (κ2) is 2.40. The van der Waals surface area contributed by atoms with E-state index in [0.717, 1.165) is 5.69 Å². The van der Waals surface area contributed by atoms with E-state index in [4.69, 9.17) is 4.74 Å². The summed E-state index contributed by atoms with van der Waals surface area (Å²) >= 11 is 0. The average molecular weight is 163 g/mol. The van der Waals surface area contributed by atoms with Crippen LogP contribution in [0.3, 0.4) is 0 Å². The summed E-state index contributed by atoms with van der Waals surface area (Å²) in [6.45, 7) is 0. The van der Waals surface area contributed by atoms with E-state index in [9.17, 15) is 5.11 Å². The number of aliphatic hydroxyl groups is 1. The molecule has 0 radical (unpaired) electrons. The molecule has 0 amide bonds. The first-order chi connectivity index (χ1) is 5.76. The van der Waals surface area contributed by atoms with Gasteiger partial charge in [-0.3, -0.25) is 4.99 Å². The van der Waals surface area contributed by atoms with E-state index in [1.807, 2.05) is 18.2 Å². The van der Waals surface area contributed by atoms with Gasteiger partial charge in [0.05, 0.1) is 11.9 Å². The highest BCUT2D eigenvalue weighted by molar-refractivity contribution is 5.81. The second-order valence-electron chi connectivity index (χ2n) is 2.68. The van der Waals surface area contributed by atoms with Crippen molar-refractivity contribution in [1.29, 1.82) is 0 Å². The van der Waals surface area contributed by atoms with Crippen LogP contribution in [0, 0.1) is 0 Å². The molecule has 2 rings (SSSR count). The standard InChI is InChI=1S/C9H9NO2/c1-12-9(11)6-10-8-5-3-2-4-7(8)9/h2-6,11H,1H3. The molecule has 1 heterocycles. The van der Waals surface area contributed by atoms with E-state index >= 15 is 0 Å². The van der Waals surface area contributed by atoms with Gasteiger partial charge in [0.25, 0.3) is 0 Å². The molecule has 0 saturated carbocycles. The molecule has 1 atom stereocenters. The van der Waals surface area contributed by atoms with Gasteiger partial charge in [-0.2, -0.15) is 0 Å². The zero-order valence-corrected chi connectivity index (χ0v) is 6.69. The molecule has 0 fully saturated rings. The van der Waals surface area contributed by atoms with Crippen LogP contribution in [0.15, 0.2) is 29.3 Å². The third-order valence-electron chi connectivity index (χ3n) is 1.98. The Kier molecular flexibility index (Phi) is 1.49. The lowest BCUT2D eigenvalue weighted by Gasteiger charge is -2.18.